The normalized spacial score (nSPS) is 13.6. The second-order valence-corrected chi connectivity index (χ2v) is 5.12. The molecule has 1 amide bonds. The molecule has 6 nitrogen and oxygen atoms in total. The molecule has 2 heterocycles. The lowest BCUT2D eigenvalue weighted by atomic mass is 10.2. The molecule has 1 aliphatic heterocycles. The van der Waals surface area contributed by atoms with Gasteiger partial charge in [-0.3, -0.25) is 9.69 Å². The third kappa shape index (κ3) is 2.55. The molecular weight excluding hydrogens is 294 g/mol. The number of aromatic nitrogens is 2. The van der Waals surface area contributed by atoms with Crippen molar-refractivity contribution in [3.05, 3.63) is 60.4 Å². The van der Waals surface area contributed by atoms with Gasteiger partial charge >= 0.3 is 0 Å². The third-order valence-electron chi connectivity index (χ3n) is 3.60. The molecule has 4 rings (SSSR count). The van der Waals surface area contributed by atoms with Crippen LogP contribution in [-0.4, -0.2) is 22.7 Å². The van der Waals surface area contributed by atoms with Crippen molar-refractivity contribution in [3.63, 3.8) is 0 Å². The minimum absolute atomic E-state index is 0.0143. The molecule has 6 heteroatoms. The Morgan fingerprint density at radius 2 is 1.83 bits per heavy atom. The summed E-state index contributed by atoms with van der Waals surface area (Å²) in [5.74, 6) is 1.44. The fourth-order valence-electron chi connectivity index (χ4n) is 2.48. The van der Waals surface area contributed by atoms with Gasteiger partial charge in [0.05, 0.1) is 12.2 Å². The topological polar surface area (TPSA) is 68.5 Å². The van der Waals surface area contributed by atoms with E-state index in [0.29, 0.717) is 17.5 Å². The number of anilines is 1. The summed E-state index contributed by atoms with van der Waals surface area (Å²) >= 11 is 0. The number of fused-ring (bicyclic) bond motifs is 1. The number of amides is 1. The Labute approximate surface area is 132 Å². The highest BCUT2D eigenvalue weighted by Gasteiger charge is 2.26. The highest BCUT2D eigenvalue weighted by Crippen LogP contribution is 2.32. The highest BCUT2D eigenvalue weighted by atomic mass is 16.5. The molecule has 0 radical (unpaired) electrons. The van der Waals surface area contributed by atoms with Crippen LogP contribution in [0.1, 0.15) is 5.82 Å². The predicted molar refractivity (Wildman–Crippen MR) is 82.9 cm³/mol. The molecule has 0 spiro atoms. The van der Waals surface area contributed by atoms with Gasteiger partial charge in [0, 0.05) is 5.56 Å². The first kappa shape index (κ1) is 13.5. The van der Waals surface area contributed by atoms with Gasteiger partial charge in [-0.25, -0.2) is 0 Å². The average Bonchev–Trinajstić information content (AvgIpc) is 3.07. The number of nitrogens with zero attached hydrogens (tertiary/aromatic N) is 3. The van der Waals surface area contributed by atoms with Gasteiger partial charge in [0.2, 0.25) is 0 Å². The Bertz CT molecular complexity index is 845. The maximum Gasteiger partial charge on any atom is 0.265 e. The molecule has 1 aromatic heterocycles. The highest BCUT2D eigenvalue weighted by molar-refractivity contribution is 5.97. The fraction of sp³-hybridized carbons (Fsp3) is 0.118. The Morgan fingerprint density at radius 1 is 1.04 bits per heavy atom. The number of rotatable bonds is 3. The van der Waals surface area contributed by atoms with Gasteiger partial charge in [-0.05, 0) is 24.3 Å². The molecule has 1 aliphatic rings. The monoisotopic (exact) mass is 307 g/mol. The zero-order valence-corrected chi connectivity index (χ0v) is 12.2. The van der Waals surface area contributed by atoms with Crippen LogP contribution < -0.4 is 9.64 Å². The maximum atomic E-state index is 12.2. The van der Waals surface area contributed by atoms with Crippen molar-refractivity contribution in [3.8, 4) is 17.2 Å². The van der Waals surface area contributed by atoms with Crippen molar-refractivity contribution in [2.75, 3.05) is 11.5 Å². The van der Waals surface area contributed by atoms with Gasteiger partial charge in [-0.1, -0.05) is 35.5 Å². The summed E-state index contributed by atoms with van der Waals surface area (Å²) in [7, 11) is 0. The largest absolute Gasteiger partial charge is 0.482 e. The van der Waals surface area contributed by atoms with E-state index in [1.807, 2.05) is 54.6 Å². The number of para-hydroxylation sites is 2. The van der Waals surface area contributed by atoms with Crippen LogP contribution in [0.4, 0.5) is 5.69 Å². The van der Waals surface area contributed by atoms with Crippen molar-refractivity contribution in [1.82, 2.24) is 10.1 Å². The number of hydrogen-bond donors (Lipinski definition) is 0. The van der Waals surface area contributed by atoms with E-state index in [4.69, 9.17) is 9.26 Å². The van der Waals surface area contributed by atoms with Crippen LogP contribution in [0.15, 0.2) is 59.1 Å². The van der Waals surface area contributed by atoms with Crippen LogP contribution in [-0.2, 0) is 11.3 Å². The van der Waals surface area contributed by atoms with E-state index in [0.717, 1.165) is 11.3 Å². The standard InChI is InChI=1S/C17H13N3O3/c21-16-11-22-14-9-5-4-8-13(14)20(16)10-15-18-17(23-19-15)12-6-2-1-3-7-12/h1-9H,10-11H2. The van der Waals surface area contributed by atoms with Crippen molar-refractivity contribution in [2.45, 2.75) is 6.54 Å². The van der Waals surface area contributed by atoms with E-state index in [1.165, 1.54) is 0 Å². The number of ether oxygens (including phenoxy) is 1. The Kier molecular flexibility index (Phi) is 3.27. The lowest BCUT2D eigenvalue weighted by Crippen LogP contribution is -2.38. The molecule has 3 aromatic rings. The second kappa shape index (κ2) is 5.57. The van der Waals surface area contributed by atoms with Crippen molar-refractivity contribution < 1.29 is 14.1 Å². The van der Waals surface area contributed by atoms with E-state index >= 15 is 0 Å². The molecule has 0 saturated carbocycles. The maximum absolute atomic E-state index is 12.2. The van der Waals surface area contributed by atoms with Crippen LogP contribution in [0.2, 0.25) is 0 Å². The zero-order valence-electron chi connectivity index (χ0n) is 12.2. The second-order valence-electron chi connectivity index (χ2n) is 5.12. The summed E-state index contributed by atoms with van der Waals surface area (Å²) in [6.45, 7) is 0.260. The molecule has 0 N–H and O–H groups in total. The van der Waals surface area contributed by atoms with E-state index in [9.17, 15) is 4.79 Å². The van der Waals surface area contributed by atoms with Crippen molar-refractivity contribution >= 4 is 11.6 Å². The number of benzene rings is 2. The van der Waals surface area contributed by atoms with E-state index in [-0.39, 0.29) is 19.1 Å². The number of carbonyl (C=O) groups is 1. The Hall–Kier alpha value is -3.15. The SMILES string of the molecule is O=C1COc2ccccc2N1Cc1noc(-c2ccccc2)n1. The molecule has 0 unspecified atom stereocenters. The molecule has 2 aromatic carbocycles. The molecule has 0 fully saturated rings. The summed E-state index contributed by atoms with van der Waals surface area (Å²) in [5, 5.41) is 3.97. The average molecular weight is 307 g/mol. The smallest absolute Gasteiger partial charge is 0.265 e. The fourth-order valence-corrected chi connectivity index (χ4v) is 2.48. The first-order valence-corrected chi connectivity index (χ1v) is 7.21. The van der Waals surface area contributed by atoms with Gasteiger partial charge in [0.1, 0.15) is 5.75 Å². The third-order valence-corrected chi connectivity index (χ3v) is 3.60. The van der Waals surface area contributed by atoms with Crippen LogP contribution in [0.3, 0.4) is 0 Å². The van der Waals surface area contributed by atoms with E-state index in [1.54, 1.807) is 4.90 Å². The molecule has 0 aliphatic carbocycles. The van der Waals surface area contributed by atoms with Gasteiger partial charge in [0.15, 0.2) is 12.4 Å². The van der Waals surface area contributed by atoms with Crippen LogP contribution in [0, 0.1) is 0 Å². The lowest BCUT2D eigenvalue weighted by Gasteiger charge is -2.28. The quantitative estimate of drug-likeness (QED) is 0.744. The zero-order chi connectivity index (χ0) is 15.6. The summed E-state index contributed by atoms with van der Waals surface area (Å²) in [6, 6.07) is 16.9. The van der Waals surface area contributed by atoms with Gasteiger partial charge in [-0.2, -0.15) is 4.98 Å². The summed E-state index contributed by atoms with van der Waals surface area (Å²) in [5.41, 5.74) is 1.56. The van der Waals surface area contributed by atoms with Gasteiger partial charge in [0.25, 0.3) is 11.8 Å². The van der Waals surface area contributed by atoms with Gasteiger partial charge < -0.3 is 9.26 Å². The Balaban J connectivity index is 1.61. The summed E-state index contributed by atoms with van der Waals surface area (Å²) < 4.78 is 10.7. The summed E-state index contributed by atoms with van der Waals surface area (Å²) in [6.07, 6.45) is 0. The minimum atomic E-state index is -0.130. The van der Waals surface area contributed by atoms with Gasteiger partial charge in [-0.15, -0.1) is 0 Å². The van der Waals surface area contributed by atoms with Crippen molar-refractivity contribution in [2.24, 2.45) is 0 Å². The molecule has 0 saturated heterocycles. The summed E-state index contributed by atoms with van der Waals surface area (Å²) in [4.78, 5) is 18.1. The van der Waals surface area contributed by atoms with Crippen LogP contribution in [0.25, 0.3) is 11.5 Å². The lowest BCUT2D eigenvalue weighted by molar-refractivity contribution is -0.121. The minimum Gasteiger partial charge on any atom is -0.482 e. The molecule has 0 atom stereocenters. The molecule has 23 heavy (non-hydrogen) atoms. The number of hydrogen-bond acceptors (Lipinski definition) is 5. The Morgan fingerprint density at radius 3 is 2.70 bits per heavy atom. The van der Waals surface area contributed by atoms with Crippen molar-refractivity contribution in [1.29, 1.82) is 0 Å². The van der Waals surface area contributed by atoms with E-state index in [2.05, 4.69) is 10.1 Å². The predicted octanol–water partition coefficient (Wildman–Crippen LogP) is 2.66. The number of carbonyl (C=O) groups excluding carboxylic acids is 1. The molecule has 114 valence electrons. The van der Waals surface area contributed by atoms with Crippen LogP contribution >= 0.6 is 0 Å². The molecule has 0 bridgehead atoms. The first-order chi connectivity index (χ1) is 11.3. The van der Waals surface area contributed by atoms with Crippen LogP contribution in [0.5, 0.6) is 5.75 Å². The first-order valence-electron chi connectivity index (χ1n) is 7.21. The van der Waals surface area contributed by atoms with E-state index < -0.39 is 0 Å². The molecular formula is C17H13N3O3.